The van der Waals surface area contributed by atoms with E-state index in [1.165, 1.54) is 11.3 Å². The third-order valence-corrected chi connectivity index (χ3v) is 7.35. The van der Waals surface area contributed by atoms with Crippen molar-refractivity contribution in [2.45, 2.75) is 25.8 Å². The summed E-state index contributed by atoms with van der Waals surface area (Å²) in [4.78, 5) is 42.0. The first-order chi connectivity index (χ1) is 16.0. The number of halogens is 1. The largest absolute Gasteiger partial charge is 0.341 e. The van der Waals surface area contributed by atoms with Crippen LogP contribution in [0, 0.1) is 0 Å². The van der Waals surface area contributed by atoms with Crippen molar-refractivity contribution in [2.24, 2.45) is 0 Å². The Labute approximate surface area is 204 Å². The number of amides is 3. The summed E-state index contributed by atoms with van der Waals surface area (Å²) in [6, 6.07) is 14.8. The quantitative estimate of drug-likeness (QED) is 0.414. The fraction of sp³-hybridized carbons (Fsp3) is 0.240. The van der Waals surface area contributed by atoms with Gasteiger partial charge in [-0.3, -0.25) is 14.4 Å². The van der Waals surface area contributed by atoms with Crippen LogP contribution in [-0.2, 0) is 16.1 Å². The molecule has 6 nitrogen and oxygen atoms in total. The summed E-state index contributed by atoms with van der Waals surface area (Å²) in [7, 11) is 0. The zero-order chi connectivity index (χ0) is 22.9. The van der Waals surface area contributed by atoms with Crippen LogP contribution in [0.5, 0.6) is 0 Å². The molecule has 0 aliphatic carbocycles. The molecule has 2 aliphatic heterocycles. The highest BCUT2D eigenvalue weighted by molar-refractivity contribution is 9.10. The molecule has 0 N–H and O–H groups in total. The SMILES string of the molecule is O=C(Cn1cc(/C=C2\SC(=O)N(c3ccccc3)C2=O)c2cc(Br)ccc21)N1CCCCC1. The van der Waals surface area contributed by atoms with Crippen LogP contribution >= 0.6 is 27.7 Å². The van der Waals surface area contributed by atoms with E-state index in [0.29, 0.717) is 10.6 Å². The number of likely N-dealkylation sites (tertiary alicyclic amines) is 1. The smallest absolute Gasteiger partial charge is 0.298 e. The van der Waals surface area contributed by atoms with Gasteiger partial charge in [0.1, 0.15) is 6.54 Å². The highest BCUT2D eigenvalue weighted by Gasteiger charge is 2.36. The van der Waals surface area contributed by atoms with E-state index in [1.54, 1.807) is 30.3 Å². The number of imide groups is 1. The lowest BCUT2D eigenvalue weighted by Crippen LogP contribution is -2.37. The van der Waals surface area contributed by atoms with Crippen LogP contribution in [0.25, 0.3) is 17.0 Å². The number of hydrogen-bond acceptors (Lipinski definition) is 4. The molecule has 0 radical (unpaired) electrons. The summed E-state index contributed by atoms with van der Waals surface area (Å²) in [5, 5.41) is 0.602. The van der Waals surface area contributed by atoms with Crippen LogP contribution in [0.1, 0.15) is 24.8 Å². The van der Waals surface area contributed by atoms with Crippen LogP contribution in [-0.4, -0.2) is 39.6 Å². The Balaban J connectivity index is 1.49. The number of piperidine rings is 1. The van der Waals surface area contributed by atoms with Gasteiger partial charge < -0.3 is 9.47 Å². The second-order valence-corrected chi connectivity index (χ2v) is 10.1. The molecule has 5 rings (SSSR count). The summed E-state index contributed by atoms with van der Waals surface area (Å²) >= 11 is 4.46. The van der Waals surface area contributed by atoms with E-state index < -0.39 is 0 Å². The topological polar surface area (TPSA) is 62.6 Å². The molecule has 3 heterocycles. The Kier molecular flexibility index (Phi) is 6.12. The zero-order valence-corrected chi connectivity index (χ0v) is 20.3. The minimum atomic E-state index is -0.337. The van der Waals surface area contributed by atoms with Crippen molar-refractivity contribution in [2.75, 3.05) is 18.0 Å². The highest BCUT2D eigenvalue weighted by Crippen LogP contribution is 2.37. The fourth-order valence-electron chi connectivity index (χ4n) is 4.34. The van der Waals surface area contributed by atoms with Crippen LogP contribution in [0.15, 0.2) is 64.1 Å². The lowest BCUT2D eigenvalue weighted by molar-refractivity contribution is -0.132. The maximum atomic E-state index is 13.1. The lowest BCUT2D eigenvalue weighted by atomic mass is 10.1. The van der Waals surface area contributed by atoms with Gasteiger partial charge in [-0.15, -0.1) is 0 Å². The minimum Gasteiger partial charge on any atom is -0.341 e. The van der Waals surface area contributed by atoms with Crippen LogP contribution in [0.3, 0.4) is 0 Å². The maximum Gasteiger partial charge on any atom is 0.298 e. The molecular weight excluding hydrogens is 502 g/mol. The van der Waals surface area contributed by atoms with E-state index >= 15 is 0 Å². The van der Waals surface area contributed by atoms with Crippen molar-refractivity contribution in [3.8, 4) is 0 Å². The minimum absolute atomic E-state index is 0.102. The Morgan fingerprint density at radius 2 is 1.79 bits per heavy atom. The van der Waals surface area contributed by atoms with E-state index in [0.717, 1.165) is 58.6 Å². The Bertz CT molecular complexity index is 1280. The number of rotatable bonds is 4. The monoisotopic (exact) mass is 523 g/mol. The van der Waals surface area contributed by atoms with Crippen LogP contribution in [0.2, 0.25) is 0 Å². The first-order valence-electron chi connectivity index (χ1n) is 10.9. The van der Waals surface area contributed by atoms with E-state index in [9.17, 15) is 14.4 Å². The summed E-state index contributed by atoms with van der Waals surface area (Å²) in [6.07, 6.45) is 6.92. The van der Waals surface area contributed by atoms with Gasteiger partial charge >= 0.3 is 0 Å². The number of fused-ring (bicyclic) bond motifs is 1. The van der Waals surface area contributed by atoms with E-state index in [1.807, 2.05) is 39.9 Å². The molecule has 2 aromatic carbocycles. The van der Waals surface area contributed by atoms with Crippen LogP contribution < -0.4 is 4.90 Å². The standard InChI is InChI=1S/C25H22BrN3O3S/c26-18-9-10-21-20(14-18)17(15-28(21)16-23(30)27-11-5-2-6-12-27)13-22-24(31)29(25(32)33-22)19-7-3-1-4-8-19/h1,3-4,7-10,13-15H,2,5-6,11-12,16H2/b22-13-. The van der Waals surface area contributed by atoms with Gasteiger partial charge in [-0.2, -0.15) is 0 Å². The number of thioether (sulfide) groups is 1. The third-order valence-electron chi connectivity index (χ3n) is 5.98. The third kappa shape index (κ3) is 4.37. The van der Waals surface area contributed by atoms with E-state index in [4.69, 9.17) is 0 Å². The number of aromatic nitrogens is 1. The average molecular weight is 524 g/mol. The zero-order valence-electron chi connectivity index (χ0n) is 17.9. The van der Waals surface area contributed by atoms with Crippen molar-refractivity contribution in [3.63, 3.8) is 0 Å². The molecule has 3 aromatic rings. The number of carbonyl (C=O) groups is 3. The number of anilines is 1. The number of benzene rings is 2. The van der Waals surface area contributed by atoms with Gasteiger partial charge in [0.25, 0.3) is 11.1 Å². The fourth-order valence-corrected chi connectivity index (χ4v) is 5.53. The molecule has 3 amide bonds. The molecule has 2 fully saturated rings. The van der Waals surface area contributed by atoms with Gasteiger partial charge in [0, 0.05) is 40.2 Å². The van der Waals surface area contributed by atoms with Gasteiger partial charge in [0.05, 0.1) is 10.6 Å². The second kappa shape index (κ2) is 9.19. The van der Waals surface area contributed by atoms with Crippen molar-refractivity contribution in [1.82, 2.24) is 9.47 Å². The molecule has 0 saturated carbocycles. The van der Waals surface area contributed by atoms with Crippen molar-refractivity contribution in [1.29, 1.82) is 0 Å². The summed E-state index contributed by atoms with van der Waals surface area (Å²) in [5.41, 5.74) is 2.27. The van der Waals surface area contributed by atoms with Crippen molar-refractivity contribution >= 4 is 67.4 Å². The molecule has 1 aromatic heterocycles. The molecule has 0 atom stereocenters. The number of carbonyl (C=O) groups excluding carboxylic acids is 3. The predicted octanol–water partition coefficient (Wildman–Crippen LogP) is 5.66. The van der Waals surface area contributed by atoms with E-state index in [-0.39, 0.29) is 23.6 Å². The molecule has 2 saturated heterocycles. The molecule has 168 valence electrons. The molecule has 0 unspecified atom stereocenters. The van der Waals surface area contributed by atoms with E-state index in [2.05, 4.69) is 15.9 Å². The number of nitrogens with zero attached hydrogens (tertiary/aromatic N) is 3. The number of hydrogen-bond donors (Lipinski definition) is 0. The summed E-state index contributed by atoms with van der Waals surface area (Å²) in [5.74, 6) is -0.234. The van der Waals surface area contributed by atoms with Crippen molar-refractivity contribution in [3.05, 3.63) is 69.7 Å². The number of para-hydroxylation sites is 1. The molecule has 0 spiro atoms. The molecule has 33 heavy (non-hydrogen) atoms. The van der Waals surface area contributed by atoms with Gasteiger partial charge in [0.15, 0.2) is 0 Å². The highest BCUT2D eigenvalue weighted by atomic mass is 79.9. The Morgan fingerprint density at radius 1 is 1.03 bits per heavy atom. The van der Waals surface area contributed by atoms with Gasteiger partial charge in [-0.1, -0.05) is 34.1 Å². The summed E-state index contributed by atoms with van der Waals surface area (Å²) in [6.45, 7) is 1.86. The first-order valence-corrected chi connectivity index (χ1v) is 12.5. The summed E-state index contributed by atoms with van der Waals surface area (Å²) < 4.78 is 2.84. The maximum absolute atomic E-state index is 13.1. The lowest BCUT2D eigenvalue weighted by Gasteiger charge is -2.27. The van der Waals surface area contributed by atoms with Gasteiger partial charge in [0.2, 0.25) is 5.91 Å². The molecule has 0 bridgehead atoms. The molecule has 2 aliphatic rings. The second-order valence-electron chi connectivity index (χ2n) is 8.17. The predicted molar refractivity (Wildman–Crippen MR) is 135 cm³/mol. The first kappa shape index (κ1) is 22.0. The molecular formula is C25H22BrN3O3S. The Hall–Kier alpha value is -2.84. The van der Waals surface area contributed by atoms with Gasteiger partial charge in [-0.05, 0) is 67.4 Å². The van der Waals surface area contributed by atoms with Crippen molar-refractivity contribution < 1.29 is 14.4 Å². The normalized spacial score (nSPS) is 18.0. The van der Waals surface area contributed by atoms with Gasteiger partial charge in [-0.25, -0.2) is 4.90 Å². The molecule has 8 heteroatoms. The Morgan fingerprint density at radius 3 is 2.55 bits per heavy atom. The average Bonchev–Trinajstić information content (AvgIpc) is 3.30. The van der Waals surface area contributed by atoms with Crippen LogP contribution in [0.4, 0.5) is 10.5 Å².